The third-order valence-corrected chi connectivity index (χ3v) is 6.88. The second kappa shape index (κ2) is 7.63. The predicted molar refractivity (Wildman–Crippen MR) is 126 cm³/mol. The monoisotopic (exact) mass is 462 g/mol. The highest BCUT2D eigenvalue weighted by Gasteiger charge is 2.46. The molecule has 0 N–H and O–H groups in total. The van der Waals surface area contributed by atoms with Gasteiger partial charge in [-0.15, -0.1) is 0 Å². The lowest BCUT2D eigenvalue weighted by atomic mass is 9.82. The number of fused-ring (bicyclic) bond motifs is 2. The van der Waals surface area contributed by atoms with Crippen LogP contribution in [0.5, 0.6) is 0 Å². The molecule has 2 aromatic carbocycles. The number of hydrogen-bond donors (Lipinski definition) is 0. The molecule has 2 atom stereocenters. The van der Waals surface area contributed by atoms with Crippen LogP contribution < -0.4 is 4.90 Å². The number of carbonyl (C=O) groups is 1. The SMILES string of the molecule is Cc1cccc(-c2oc(C)nc2C(=O)N2CC[C@H]3CN(c4nc5cc(Cl)ccc5o4)[C@H]3C2)c1. The summed E-state index contributed by atoms with van der Waals surface area (Å²) in [6, 6.07) is 14.1. The Morgan fingerprint density at radius 1 is 1.09 bits per heavy atom. The number of amides is 1. The van der Waals surface area contributed by atoms with E-state index in [1.54, 1.807) is 19.1 Å². The number of halogens is 1. The van der Waals surface area contributed by atoms with Gasteiger partial charge < -0.3 is 18.6 Å². The number of rotatable bonds is 3. The van der Waals surface area contributed by atoms with Crippen LogP contribution in [0.25, 0.3) is 22.4 Å². The van der Waals surface area contributed by atoms with Gasteiger partial charge in [0.2, 0.25) is 0 Å². The molecule has 6 rings (SSSR count). The van der Waals surface area contributed by atoms with E-state index in [2.05, 4.69) is 14.9 Å². The molecular formula is C25H23ClN4O3. The molecule has 0 bridgehead atoms. The standard InChI is InChI=1S/C25H23ClN4O3/c1-14-4-3-5-16(10-14)23-22(27-15(2)32-23)24(31)29-9-8-17-12-30(20(17)13-29)25-28-19-11-18(26)6-7-21(19)33-25/h3-7,10-11,17,20H,8-9,12-13H2,1-2H3/t17-,20-/m0/s1. The number of benzene rings is 2. The average Bonchev–Trinajstić information content (AvgIpc) is 3.37. The van der Waals surface area contributed by atoms with Gasteiger partial charge in [0.25, 0.3) is 11.9 Å². The van der Waals surface area contributed by atoms with Crippen LogP contribution in [-0.4, -0.2) is 46.5 Å². The fourth-order valence-corrected chi connectivity index (χ4v) is 5.08. The summed E-state index contributed by atoms with van der Waals surface area (Å²) in [6.07, 6.45) is 0.940. The highest BCUT2D eigenvalue weighted by Crippen LogP contribution is 2.38. The third kappa shape index (κ3) is 3.47. The summed E-state index contributed by atoms with van der Waals surface area (Å²) in [5.74, 6) is 1.44. The zero-order valence-corrected chi connectivity index (χ0v) is 19.2. The van der Waals surface area contributed by atoms with Gasteiger partial charge >= 0.3 is 0 Å². The highest BCUT2D eigenvalue weighted by molar-refractivity contribution is 6.31. The summed E-state index contributed by atoms with van der Waals surface area (Å²) in [5, 5.41) is 0.630. The van der Waals surface area contributed by atoms with Crippen LogP contribution >= 0.6 is 11.6 Å². The van der Waals surface area contributed by atoms with Crippen molar-refractivity contribution in [2.75, 3.05) is 24.5 Å². The normalized spacial score (nSPS) is 20.1. The van der Waals surface area contributed by atoms with E-state index in [-0.39, 0.29) is 11.9 Å². The Bertz CT molecular complexity index is 1380. The van der Waals surface area contributed by atoms with Crippen LogP contribution in [0.1, 0.15) is 28.4 Å². The topological polar surface area (TPSA) is 75.6 Å². The second-order valence-electron chi connectivity index (χ2n) is 8.91. The molecule has 0 unspecified atom stereocenters. The van der Waals surface area contributed by atoms with E-state index in [0.717, 1.165) is 29.6 Å². The maximum Gasteiger partial charge on any atom is 0.298 e. The zero-order valence-electron chi connectivity index (χ0n) is 18.4. The minimum atomic E-state index is -0.0991. The number of piperidine rings is 1. The van der Waals surface area contributed by atoms with E-state index >= 15 is 0 Å². The minimum absolute atomic E-state index is 0.0991. The van der Waals surface area contributed by atoms with Crippen LogP contribution in [0.15, 0.2) is 51.3 Å². The van der Waals surface area contributed by atoms with E-state index in [1.165, 1.54) is 0 Å². The van der Waals surface area contributed by atoms with E-state index in [0.29, 0.717) is 53.0 Å². The molecule has 2 fully saturated rings. The van der Waals surface area contributed by atoms with Crippen molar-refractivity contribution in [2.24, 2.45) is 5.92 Å². The predicted octanol–water partition coefficient (Wildman–Crippen LogP) is 5.10. The van der Waals surface area contributed by atoms with Crippen LogP contribution in [-0.2, 0) is 0 Å². The second-order valence-corrected chi connectivity index (χ2v) is 9.34. The molecule has 0 aliphatic carbocycles. The Morgan fingerprint density at radius 2 is 1.97 bits per heavy atom. The van der Waals surface area contributed by atoms with Gasteiger partial charge in [0.15, 0.2) is 22.9 Å². The van der Waals surface area contributed by atoms with Crippen LogP contribution in [0.3, 0.4) is 0 Å². The molecule has 33 heavy (non-hydrogen) atoms. The molecule has 168 valence electrons. The van der Waals surface area contributed by atoms with Gasteiger partial charge in [-0.25, -0.2) is 4.98 Å². The largest absolute Gasteiger partial charge is 0.440 e. The van der Waals surface area contributed by atoms with Gasteiger partial charge in [0.05, 0.1) is 6.04 Å². The number of hydrogen-bond acceptors (Lipinski definition) is 6. The lowest BCUT2D eigenvalue weighted by molar-refractivity contribution is 0.0578. The number of oxazole rings is 2. The summed E-state index contributed by atoms with van der Waals surface area (Å²) < 4.78 is 11.8. The summed E-state index contributed by atoms with van der Waals surface area (Å²) in [4.78, 5) is 26.6. The average molecular weight is 463 g/mol. The highest BCUT2D eigenvalue weighted by atomic mass is 35.5. The van der Waals surface area contributed by atoms with Crippen molar-refractivity contribution in [3.8, 4) is 11.3 Å². The molecule has 2 saturated heterocycles. The lowest BCUT2D eigenvalue weighted by Crippen LogP contribution is -2.65. The van der Waals surface area contributed by atoms with E-state index in [4.69, 9.17) is 20.4 Å². The van der Waals surface area contributed by atoms with Gasteiger partial charge in [0.1, 0.15) is 5.52 Å². The van der Waals surface area contributed by atoms with Crippen LogP contribution in [0.4, 0.5) is 6.01 Å². The Balaban J connectivity index is 1.25. The molecule has 2 aliphatic rings. The number of likely N-dealkylation sites (tertiary alicyclic amines) is 1. The molecule has 4 aromatic rings. The molecule has 4 heterocycles. The molecule has 0 saturated carbocycles. The fourth-order valence-electron chi connectivity index (χ4n) is 4.92. The van der Waals surface area contributed by atoms with Crippen molar-refractivity contribution in [1.29, 1.82) is 0 Å². The Morgan fingerprint density at radius 3 is 2.82 bits per heavy atom. The van der Waals surface area contributed by atoms with Crippen molar-refractivity contribution in [3.63, 3.8) is 0 Å². The van der Waals surface area contributed by atoms with E-state index in [9.17, 15) is 4.79 Å². The Kier molecular flexibility index (Phi) is 4.69. The maximum absolute atomic E-state index is 13.5. The minimum Gasteiger partial charge on any atom is -0.440 e. The molecule has 0 spiro atoms. The number of anilines is 1. The maximum atomic E-state index is 13.5. The van der Waals surface area contributed by atoms with Gasteiger partial charge in [-0.3, -0.25) is 4.79 Å². The van der Waals surface area contributed by atoms with Crippen LogP contribution in [0.2, 0.25) is 5.02 Å². The quantitative estimate of drug-likeness (QED) is 0.421. The summed E-state index contributed by atoms with van der Waals surface area (Å²) in [7, 11) is 0. The van der Waals surface area contributed by atoms with Crippen molar-refractivity contribution < 1.29 is 13.6 Å². The third-order valence-electron chi connectivity index (χ3n) is 6.64. The Hall–Kier alpha value is -3.32. The summed E-state index contributed by atoms with van der Waals surface area (Å²) >= 11 is 6.09. The van der Waals surface area contributed by atoms with Gasteiger partial charge in [-0.1, -0.05) is 35.4 Å². The number of nitrogens with zero attached hydrogens (tertiary/aromatic N) is 4. The smallest absolute Gasteiger partial charge is 0.298 e. The van der Waals surface area contributed by atoms with Gasteiger partial charge in [-0.2, -0.15) is 4.98 Å². The number of carbonyl (C=O) groups excluding carboxylic acids is 1. The zero-order chi connectivity index (χ0) is 22.7. The molecule has 1 amide bonds. The van der Waals surface area contributed by atoms with E-state index in [1.807, 2.05) is 42.2 Å². The lowest BCUT2D eigenvalue weighted by Gasteiger charge is -2.52. The first-order chi connectivity index (χ1) is 16.0. The molecule has 2 aliphatic heterocycles. The first kappa shape index (κ1) is 20.3. The van der Waals surface area contributed by atoms with Crippen molar-refractivity contribution in [3.05, 3.63) is 64.6 Å². The van der Waals surface area contributed by atoms with Gasteiger partial charge in [0, 0.05) is 43.1 Å². The number of aryl methyl sites for hydroxylation is 2. The van der Waals surface area contributed by atoms with Crippen molar-refractivity contribution in [1.82, 2.24) is 14.9 Å². The molecule has 7 nitrogen and oxygen atoms in total. The molecule has 8 heteroatoms. The molecule has 2 aromatic heterocycles. The first-order valence-electron chi connectivity index (χ1n) is 11.1. The molecule has 0 radical (unpaired) electrons. The van der Waals surface area contributed by atoms with E-state index < -0.39 is 0 Å². The number of aromatic nitrogens is 2. The van der Waals surface area contributed by atoms with Gasteiger partial charge in [-0.05, 0) is 37.6 Å². The van der Waals surface area contributed by atoms with Crippen LogP contribution in [0, 0.1) is 19.8 Å². The first-order valence-corrected chi connectivity index (χ1v) is 11.5. The van der Waals surface area contributed by atoms with Crippen molar-refractivity contribution >= 4 is 34.6 Å². The summed E-state index contributed by atoms with van der Waals surface area (Å²) in [6.45, 7) is 5.98. The fraction of sp³-hybridized carbons (Fsp3) is 0.320. The Labute approximate surface area is 196 Å². The summed E-state index contributed by atoms with van der Waals surface area (Å²) in [5.41, 5.74) is 3.79. The molecular weight excluding hydrogens is 440 g/mol. The van der Waals surface area contributed by atoms with Crippen molar-refractivity contribution in [2.45, 2.75) is 26.3 Å².